The third-order valence-electron chi connectivity index (χ3n) is 3.63. The Bertz CT molecular complexity index is 619. The van der Waals surface area contributed by atoms with E-state index in [2.05, 4.69) is 5.32 Å². The monoisotopic (exact) mass is 332 g/mol. The number of ether oxygens (including phenoxy) is 1. The van der Waals surface area contributed by atoms with Crippen molar-refractivity contribution in [2.45, 2.75) is 44.5 Å². The van der Waals surface area contributed by atoms with E-state index in [1.54, 1.807) is 0 Å². The number of anilines is 1. The lowest BCUT2D eigenvalue weighted by Gasteiger charge is -2.22. The van der Waals surface area contributed by atoms with Crippen LogP contribution in [0.3, 0.4) is 0 Å². The molecule has 0 amide bonds. The van der Waals surface area contributed by atoms with Crippen molar-refractivity contribution >= 4 is 17.3 Å². The van der Waals surface area contributed by atoms with Crippen LogP contribution in [-0.4, -0.2) is 23.0 Å². The summed E-state index contributed by atoms with van der Waals surface area (Å²) in [4.78, 5) is 21.2. The fourth-order valence-electron chi connectivity index (χ4n) is 2.63. The number of esters is 1. The minimum atomic E-state index is -4.66. The van der Waals surface area contributed by atoms with E-state index in [-0.39, 0.29) is 11.7 Å². The van der Waals surface area contributed by atoms with Gasteiger partial charge in [-0.25, -0.2) is 0 Å². The summed E-state index contributed by atoms with van der Waals surface area (Å²) in [6.45, 7) is 1.26. The van der Waals surface area contributed by atoms with Gasteiger partial charge in [0.2, 0.25) is 0 Å². The maximum absolute atomic E-state index is 12.7. The second-order valence-electron chi connectivity index (χ2n) is 5.32. The first kappa shape index (κ1) is 17.0. The van der Waals surface area contributed by atoms with E-state index in [0.29, 0.717) is 18.9 Å². The van der Waals surface area contributed by atoms with Crippen LogP contribution in [0, 0.1) is 10.1 Å². The quantitative estimate of drug-likeness (QED) is 0.518. The number of carbonyl (C=O) groups is 1. The molecular formula is C14H15F3N2O4. The van der Waals surface area contributed by atoms with E-state index < -0.39 is 34.4 Å². The molecule has 0 aromatic heterocycles. The Morgan fingerprint density at radius 3 is 2.65 bits per heavy atom. The van der Waals surface area contributed by atoms with Crippen molar-refractivity contribution in [2.75, 3.05) is 5.32 Å². The van der Waals surface area contributed by atoms with Gasteiger partial charge in [0.05, 0.1) is 16.5 Å². The molecule has 1 saturated carbocycles. The summed E-state index contributed by atoms with van der Waals surface area (Å²) in [5, 5.41) is 13.9. The molecule has 2 rings (SSSR count). The average Bonchev–Trinajstić information content (AvgIpc) is 2.84. The zero-order valence-electron chi connectivity index (χ0n) is 12.2. The Morgan fingerprint density at radius 2 is 2.09 bits per heavy atom. The topological polar surface area (TPSA) is 81.5 Å². The van der Waals surface area contributed by atoms with Crippen LogP contribution in [0.15, 0.2) is 18.2 Å². The number of carbonyl (C=O) groups excluding carboxylic acids is 1. The summed E-state index contributed by atoms with van der Waals surface area (Å²) in [7, 11) is 0. The van der Waals surface area contributed by atoms with Gasteiger partial charge >= 0.3 is 12.1 Å². The molecule has 1 aromatic carbocycles. The summed E-state index contributed by atoms with van der Waals surface area (Å²) in [5.41, 5.74) is -1.77. The number of alkyl halides is 3. The summed E-state index contributed by atoms with van der Waals surface area (Å²) in [6.07, 6.45) is -3.14. The Kier molecular flexibility index (Phi) is 4.76. The minimum Gasteiger partial charge on any atom is -0.460 e. The van der Waals surface area contributed by atoms with Crippen LogP contribution in [0.5, 0.6) is 0 Å². The maximum Gasteiger partial charge on any atom is 0.416 e. The number of hydrogen-bond acceptors (Lipinski definition) is 5. The lowest BCUT2D eigenvalue weighted by molar-refractivity contribution is -0.384. The lowest BCUT2D eigenvalue weighted by atomic mass is 10.1. The summed E-state index contributed by atoms with van der Waals surface area (Å²) in [6, 6.07) is 1.95. The average molecular weight is 332 g/mol. The molecule has 0 unspecified atom stereocenters. The molecule has 6 nitrogen and oxygen atoms in total. The van der Waals surface area contributed by atoms with Gasteiger partial charge in [0, 0.05) is 13.0 Å². The van der Waals surface area contributed by atoms with Crippen molar-refractivity contribution in [1.82, 2.24) is 0 Å². The first-order chi connectivity index (χ1) is 10.7. The largest absolute Gasteiger partial charge is 0.460 e. The van der Waals surface area contributed by atoms with Crippen molar-refractivity contribution in [3.8, 4) is 0 Å². The molecule has 1 N–H and O–H groups in total. The molecule has 2 atom stereocenters. The van der Waals surface area contributed by atoms with Crippen LogP contribution < -0.4 is 5.32 Å². The SMILES string of the molecule is CC(=O)O[C@@H]1CCC[C@H]1Nc1ccc(C(F)(F)F)cc1[N+](=O)[O-]. The van der Waals surface area contributed by atoms with Crippen molar-refractivity contribution in [3.05, 3.63) is 33.9 Å². The summed E-state index contributed by atoms with van der Waals surface area (Å²) >= 11 is 0. The highest BCUT2D eigenvalue weighted by Crippen LogP contribution is 2.36. The van der Waals surface area contributed by atoms with Gasteiger partial charge in [-0.05, 0) is 31.4 Å². The molecule has 1 fully saturated rings. The molecule has 0 aliphatic heterocycles. The molecule has 0 heterocycles. The van der Waals surface area contributed by atoms with Crippen molar-refractivity contribution in [1.29, 1.82) is 0 Å². The molecule has 0 radical (unpaired) electrons. The summed E-state index contributed by atoms with van der Waals surface area (Å²) in [5.74, 6) is -0.467. The van der Waals surface area contributed by atoms with Crippen LogP contribution >= 0.6 is 0 Å². The van der Waals surface area contributed by atoms with Crippen LogP contribution in [0.1, 0.15) is 31.7 Å². The van der Waals surface area contributed by atoms with Crippen molar-refractivity contribution in [3.63, 3.8) is 0 Å². The normalized spacial score (nSPS) is 21.0. The molecule has 0 bridgehead atoms. The van der Waals surface area contributed by atoms with Crippen LogP contribution in [-0.2, 0) is 15.7 Å². The predicted octanol–water partition coefficient (Wildman–Crippen LogP) is 3.51. The van der Waals surface area contributed by atoms with Gasteiger partial charge in [0.1, 0.15) is 11.8 Å². The zero-order valence-corrected chi connectivity index (χ0v) is 12.2. The molecule has 126 valence electrons. The molecule has 1 aliphatic rings. The fraction of sp³-hybridized carbons (Fsp3) is 0.500. The van der Waals surface area contributed by atoms with E-state index in [9.17, 15) is 28.1 Å². The molecular weight excluding hydrogens is 317 g/mol. The van der Waals surface area contributed by atoms with E-state index in [1.165, 1.54) is 6.92 Å². The lowest BCUT2D eigenvalue weighted by Crippen LogP contribution is -2.32. The third-order valence-corrected chi connectivity index (χ3v) is 3.63. The number of nitro benzene ring substituents is 1. The molecule has 0 saturated heterocycles. The van der Waals surface area contributed by atoms with Crippen molar-refractivity contribution < 1.29 is 27.6 Å². The van der Waals surface area contributed by atoms with E-state index in [4.69, 9.17) is 4.74 Å². The Morgan fingerprint density at radius 1 is 1.39 bits per heavy atom. The highest BCUT2D eigenvalue weighted by Gasteiger charge is 2.35. The van der Waals surface area contributed by atoms with E-state index in [1.807, 2.05) is 0 Å². The Balaban J connectivity index is 2.25. The number of nitrogens with one attached hydrogen (secondary N) is 1. The highest BCUT2D eigenvalue weighted by atomic mass is 19.4. The maximum atomic E-state index is 12.7. The van der Waals surface area contributed by atoms with Gasteiger partial charge in [-0.15, -0.1) is 0 Å². The van der Waals surface area contributed by atoms with Crippen LogP contribution in [0.4, 0.5) is 24.5 Å². The smallest absolute Gasteiger partial charge is 0.416 e. The standard InChI is InChI=1S/C14H15F3N2O4/c1-8(20)23-13-4-2-3-11(13)18-10-6-5-9(14(15,16)17)7-12(10)19(21)22/h5-7,11,13,18H,2-4H2,1H3/t11-,13-/m1/s1. The number of hydrogen-bond donors (Lipinski definition) is 1. The molecule has 1 aliphatic carbocycles. The number of nitrogens with zero attached hydrogens (tertiary/aromatic N) is 1. The zero-order chi connectivity index (χ0) is 17.2. The summed E-state index contributed by atoms with van der Waals surface area (Å²) < 4.78 is 43.1. The first-order valence-electron chi connectivity index (χ1n) is 6.98. The van der Waals surface area contributed by atoms with Crippen LogP contribution in [0.25, 0.3) is 0 Å². The number of benzene rings is 1. The predicted molar refractivity (Wildman–Crippen MR) is 74.9 cm³/mol. The van der Waals surface area contributed by atoms with Crippen molar-refractivity contribution in [2.24, 2.45) is 0 Å². The number of halogens is 3. The highest BCUT2D eigenvalue weighted by molar-refractivity contribution is 5.67. The molecule has 0 spiro atoms. The number of rotatable bonds is 4. The molecule has 9 heteroatoms. The van der Waals surface area contributed by atoms with Crippen LogP contribution in [0.2, 0.25) is 0 Å². The second kappa shape index (κ2) is 6.43. The van der Waals surface area contributed by atoms with Gasteiger partial charge < -0.3 is 10.1 Å². The van der Waals surface area contributed by atoms with Gasteiger partial charge in [-0.3, -0.25) is 14.9 Å². The fourth-order valence-corrected chi connectivity index (χ4v) is 2.63. The Labute approximate surface area is 129 Å². The first-order valence-corrected chi connectivity index (χ1v) is 6.98. The van der Waals surface area contributed by atoms with Gasteiger partial charge in [0.25, 0.3) is 5.69 Å². The van der Waals surface area contributed by atoms with Gasteiger partial charge in [-0.1, -0.05) is 0 Å². The van der Waals surface area contributed by atoms with E-state index in [0.717, 1.165) is 18.6 Å². The van der Waals surface area contributed by atoms with Gasteiger partial charge in [0.15, 0.2) is 0 Å². The molecule has 1 aromatic rings. The second-order valence-corrected chi connectivity index (χ2v) is 5.32. The minimum absolute atomic E-state index is 0.0212. The third kappa shape index (κ3) is 4.11. The van der Waals surface area contributed by atoms with E-state index >= 15 is 0 Å². The molecule has 23 heavy (non-hydrogen) atoms. The van der Waals surface area contributed by atoms with Gasteiger partial charge in [-0.2, -0.15) is 13.2 Å². The number of nitro groups is 1. The Hall–Kier alpha value is -2.32.